The Morgan fingerprint density at radius 1 is 1.14 bits per heavy atom. The van der Waals surface area contributed by atoms with Gasteiger partial charge >= 0.3 is 12.3 Å². The second-order valence-electron chi connectivity index (χ2n) is 11.7. The number of hydrogen-bond acceptors (Lipinski definition) is 7. The average molecular weight is 584 g/mol. The van der Waals surface area contributed by atoms with Crippen LogP contribution in [-0.2, 0) is 10.9 Å². The van der Waals surface area contributed by atoms with E-state index in [1.807, 2.05) is 0 Å². The molecule has 1 aromatic carbocycles. The fourth-order valence-electron chi connectivity index (χ4n) is 5.32. The molecule has 2 aliphatic heterocycles. The molecule has 10 nitrogen and oxygen atoms in total. The van der Waals surface area contributed by atoms with Crippen LogP contribution in [0.15, 0.2) is 30.6 Å². The number of rotatable bonds is 4. The average Bonchev–Trinajstić information content (AvgIpc) is 3.58. The Morgan fingerprint density at radius 2 is 1.93 bits per heavy atom. The second kappa shape index (κ2) is 11.2. The summed E-state index contributed by atoms with van der Waals surface area (Å²) >= 11 is 0. The van der Waals surface area contributed by atoms with E-state index in [4.69, 9.17) is 10.00 Å². The van der Waals surface area contributed by atoms with Crippen molar-refractivity contribution >= 4 is 28.9 Å². The lowest BCUT2D eigenvalue weighted by atomic mass is 10.0. The number of piperidine rings is 1. The van der Waals surface area contributed by atoms with E-state index in [1.165, 1.54) is 6.20 Å². The quantitative estimate of drug-likeness (QED) is 0.419. The molecule has 2 amide bonds. The molecule has 42 heavy (non-hydrogen) atoms. The number of nitrogens with one attached hydrogen (secondary N) is 2. The van der Waals surface area contributed by atoms with Crippen LogP contribution in [0.25, 0.3) is 22.2 Å². The van der Waals surface area contributed by atoms with Gasteiger partial charge in [-0.05, 0) is 52.2 Å². The number of hydrogen-bond donors (Lipinski definition) is 2. The summed E-state index contributed by atoms with van der Waals surface area (Å²) in [6.07, 6.45) is -0.992. The molecule has 0 aliphatic carbocycles. The molecule has 13 heteroatoms. The van der Waals surface area contributed by atoms with E-state index in [1.54, 1.807) is 48.8 Å². The number of benzene rings is 1. The van der Waals surface area contributed by atoms with E-state index in [9.17, 15) is 22.8 Å². The third-order valence-electron chi connectivity index (χ3n) is 7.34. The number of alkyl halides is 3. The summed E-state index contributed by atoms with van der Waals surface area (Å²) in [4.78, 5) is 39.9. The maximum absolute atomic E-state index is 14.1. The van der Waals surface area contributed by atoms with Crippen molar-refractivity contribution in [3.05, 3.63) is 41.7 Å². The Morgan fingerprint density at radius 3 is 2.62 bits per heavy atom. The van der Waals surface area contributed by atoms with Gasteiger partial charge in [-0.1, -0.05) is 6.07 Å². The fraction of sp³-hybridized carbons (Fsp3) is 0.483. The van der Waals surface area contributed by atoms with Crippen LogP contribution < -0.4 is 5.32 Å². The summed E-state index contributed by atoms with van der Waals surface area (Å²) < 4.78 is 47.7. The van der Waals surface area contributed by atoms with Gasteiger partial charge < -0.3 is 24.8 Å². The van der Waals surface area contributed by atoms with Crippen molar-refractivity contribution in [2.75, 3.05) is 31.5 Å². The predicted octanol–water partition coefficient (Wildman–Crippen LogP) is 5.44. The number of aromatic nitrogens is 3. The van der Waals surface area contributed by atoms with Gasteiger partial charge in [0, 0.05) is 66.6 Å². The van der Waals surface area contributed by atoms with E-state index >= 15 is 0 Å². The molecule has 222 valence electrons. The summed E-state index contributed by atoms with van der Waals surface area (Å²) in [6.45, 7) is 6.99. The van der Waals surface area contributed by atoms with E-state index in [0.717, 1.165) is 6.20 Å². The highest BCUT2D eigenvalue weighted by Crippen LogP contribution is 2.39. The number of carbonyl (C=O) groups excluding carboxylic acids is 2. The Bertz CT molecular complexity index is 1540. The van der Waals surface area contributed by atoms with Gasteiger partial charge in [0.25, 0.3) is 5.91 Å². The molecular weight excluding hydrogens is 551 g/mol. The number of amides is 2. The van der Waals surface area contributed by atoms with Crippen LogP contribution in [0.3, 0.4) is 0 Å². The van der Waals surface area contributed by atoms with Crippen LogP contribution in [0.5, 0.6) is 0 Å². The topological polar surface area (TPSA) is 127 Å². The highest BCUT2D eigenvalue weighted by Gasteiger charge is 2.37. The summed E-state index contributed by atoms with van der Waals surface area (Å²) in [7, 11) is 0. The van der Waals surface area contributed by atoms with Gasteiger partial charge in [-0.3, -0.25) is 4.79 Å². The first-order chi connectivity index (χ1) is 19.8. The zero-order valence-corrected chi connectivity index (χ0v) is 23.6. The number of fused-ring (bicyclic) bond motifs is 1. The molecule has 2 aromatic heterocycles. The zero-order chi connectivity index (χ0) is 30.2. The van der Waals surface area contributed by atoms with E-state index in [2.05, 4.69) is 26.3 Å². The van der Waals surface area contributed by atoms with Crippen LogP contribution in [0.4, 0.5) is 23.9 Å². The van der Waals surface area contributed by atoms with Crippen molar-refractivity contribution in [1.82, 2.24) is 24.8 Å². The molecular formula is C29H32F3N7O3. The third kappa shape index (κ3) is 6.27. The number of ether oxygens (including phenoxy) is 1. The summed E-state index contributed by atoms with van der Waals surface area (Å²) in [5.74, 6) is -0.426. The lowest BCUT2D eigenvalue weighted by Gasteiger charge is -2.34. The summed E-state index contributed by atoms with van der Waals surface area (Å²) in [5.41, 5.74) is -0.873. The van der Waals surface area contributed by atoms with Gasteiger partial charge in [0.1, 0.15) is 11.2 Å². The number of anilines is 1. The highest BCUT2D eigenvalue weighted by molar-refractivity contribution is 6.02. The van der Waals surface area contributed by atoms with Gasteiger partial charge in [0.2, 0.25) is 5.95 Å². The largest absolute Gasteiger partial charge is 0.444 e. The maximum Gasteiger partial charge on any atom is 0.419 e. The minimum atomic E-state index is -4.71. The van der Waals surface area contributed by atoms with Crippen molar-refractivity contribution in [2.24, 2.45) is 5.92 Å². The molecule has 3 aromatic rings. The van der Waals surface area contributed by atoms with Crippen LogP contribution in [0.1, 0.15) is 56.0 Å². The number of carbonyl (C=O) groups is 2. The highest BCUT2D eigenvalue weighted by atomic mass is 19.4. The Labute approximate surface area is 240 Å². The first kappa shape index (κ1) is 29.2. The number of aromatic amines is 1. The Balaban J connectivity index is 1.40. The number of nitriles is 1. The van der Waals surface area contributed by atoms with Crippen molar-refractivity contribution in [3.8, 4) is 17.3 Å². The third-order valence-corrected chi connectivity index (χ3v) is 7.34. The summed E-state index contributed by atoms with van der Waals surface area (Å²) in [5, 5.41) is 12.7. The molecule has 0 unspecified atom stereocenters. The van der Waals surface area contributed by atoms with E-state index in [-0.39, 0.29) is 35.1 Å². The Kier molecular flexibility index (Phi) is 7.74. The summed E-state index contributed by atoms with van der Waals surface area (Å²) in [6, 6.07) is 6.67. The number of nitrogens with zero attached hydrogens (tertiary/aromatic N) is 5. The normalized spacial score (nSPS) is 19.5. The molecule has 0 bridgehead atoms. The van der Waals surface area contributed by atoms with E-state index < -0.39 is 23.4 Å². The molecule has 4 heterocycles. The van der Waals surface area contributed by atoms with Crippen LogP contribution in [-0.4, -0.2) is 74.6 Å². The molecule has 5 rings (SSSR count). The lowest BCUT2D eigenvalue weighted by Crippen LogP contribution is -2.47. The maximum atomic E-state index is 14.1. The van der Waals surface area contributed by atoms with Crippen molar-refractivity contribution < 1.29 is 27.5 Å². The van der Waals surface area contributed by atoms with Gasteiger partial charge in [-0.2, -0.15) is 18.4 Å². The first-order valence-electron chi connectivity index (χ1n) is 13.8. The standard InChI is InChI=1S/C29H32F3N7O3/c1-28(2,3)42-27(41)39-9-4-5-19(16-39)36-26-35-14-22(29(30,31)32)24(37-26)21-13-34-23-11-18(6-7-20(21)23)25(40)38-10-8-17(12-33)15-38/h6-7,11,13-14,17,19,34H,4-5,8-10,15-16H2,1-3H3,(H,35,36,37)/t17-,19+/m1/s1. The van der Waals surface area contributed by atoms with Crippen LogP contribution in [0.2, 0.25) is 0 Å². The first-order valence-corrected chi connectivity index (χ1v) is 13.8. The van der Waals surface area contributed by atoms with Crippen LogP contribution in [0, 0.1) is 17.2 Å². The minimum Gasteiger partial charge on any atom is -0.444 e. The van der Waals surface area contributed by atoms with Gasteiger partial charge in [-0.25, -0.2) is 14.8 Å². The van der Waals surface area contributed by atoms with Crippen molar-refractivity contribution in [1.29, 1.82) is 5.26 Å². The molecule has 0 saturated carbocycles. The molecule has 0 radical (unpaired) electrons. The molecule has 2 fully saturated rings. The van der Waals surface area contributed by atoms with Crippen LogP contribution >= 0.6 is 0 Å². The number of likely N-dealkylation sites (tertiary alicyclic amines) is 2. The SMILES string of the molecule is CC(C)(C)OC(=O)N1CCC[C@H](Nc2ncc(C(F)(F)F)c(-c3c[nH]c4cc(C(=O)N5CC[C@H](C#N)C5)ccc34)n2)C1. The molecule has 2 saturated heterocycles. The van der Waals surface area contributed by atoms with Gasteiger partial charge in [0.15, 0.2) is 0 Å². The van der Waals surface area contributed by atoms with Crippen molar-refractivity contribution in [2.45, 2.75) is 57.9 Å². The smallest absolute Gasteiger partial charge is 0.419 e. The number of H-pyrrole nitrogens is 1. The lowest BCUT2D eigenvalue weighted by molar-refractivity contribution is -0.137. The van der Waals surface area contributed by atoms with Gasteiger partial charge in [-0.15, -0.1) is 0 Å². The molecule has 2 N–H and O–H groups in total. The minimum absolute atomic E-state index is 0.0104. The molecule has 0 spiro atoms. The number of halogens is 3. The fourth-order valence-corrected chi connectivity index (χ4v) is 5.32. The monoisotopic (exact) mass is 583 g/mol. The Hall–Kier alpha value is -4.34. The predicted molar refractivity (Wildman–Crippen MR) is 148 cm³/mol. The van der Waals surface area contributed by atoms with Gasteiger partial charge in [0.05, 0.1) is 17.7 Å². The van der Waals surface area contributed by atoms with E-state index in [0.29, 0.717) is 61.9 Å². The molecule has 2 atom stereocenters. The molecule has 2 aliphatic rings. The zero-order valence-electron chi connectivity index (χ0n) is 23.6. The second-order valence-corrected chi connectivity index (χ2v) is 11.7. The van der Waals surface area contributed by atoms with Crippen molar-refractivity contribution in [3.63, 3.8) is 0 Å².